The molecule has 1 aromatic rings. The van der Waals surface area contributed by atoms with Crippen LogP contribution in [0.2, 0.25) is 0 Å². The first kappa shape index (κ1) is 23.3. The molecule has 0 saturated carbocycles. The van der Waals surface area contributed by atoms with E-state index in [0.29, 0.717) is 23.3 Å². The number of ether oxygens (including phenoxy) is 1. The molecule has 0 N–H and O–H groups in total. The van der Waals surface area contributed by atoms with Crippen LogP contribution in [0.1, 0.15) is 66.5 Å². The van der Waals surface area contributed by atoms with Crippen LogP contribution < -0.4 is 0 Å². The Bertz CT molecular complexity index is 1020. The van der Waals surface area contributed by atoms with Crippen LogP contribution >= 0.6 is 15.9 Å². The molecule has 0 fully saturated rings. The van der Waals surface area contributed by atoms with Gasteiger partial charge < -0.3 is 4.74 Å². The molecule has 0 unspecified atom stereocenters. The zero-order valence-electron chi connectivity index (χ0n) is 18.3. The smallest absolute Gasteiger partial charge is 0.312 e. The second-order valence-electron chi connectivity index (χ2n) is 9.50. The van der Waals surface area contributed by atoms with Gasteiger partial charge in [0, 0.05) is 12.3 Å². The third kappa shape index (κ3) is 3.95. The predicted molar refractivity (Wildman–Crippen MR) is 120 cm³/mol. The fourth-order valence-electron chi connectivity index (χ4n) is 4.24. The lowest BCUT2D eigenvalue weighted by atomic mass is 9.88. The molecular weight excluding hydrogens is 473 g/mol. The largest absolute Gasteiger partial charge is 0.460 e. The Morgan fingerprint density at radius 1 is 1.33 bits per heavy atom. The van der Waals surface area contributed by atoms with Crippen molar-refractivity contribution in [3.8, 4) is 0 Å². The Hall–Kier alpha value is -1.35. The third-order valence-electron chi connectivity index (χ3n) is 5.74. The number of carbonyl (C=O) groups is 1. The summed E-state index contributed by atoms with van der Waals surface area (Å²) < 4.78 is 38.8. The number of esters is 1. The number of pyridine rings is 1. The molecule has 3 rings (SSSR count). The monoisotopic (exact) mass is 501 g/mol. The van der Waals surface area contributed by atoms with E-state index >= 15 is 0 Å². The summed E-state index contributed by atoms with van der Waals surface area (Å²) in [6.07, 6.45) is 1.22. The van der Waals surface area contributed by atoms with Crippen LogP contribution in [0.5, 0.6) is 0 Å². The number of hydrogen-bond acceptors (Lipinski definition) is 6. The van der Waals surface area contributed by atoms with Gasteiger partial charge in [-0.1, -0.05) is 0 Å². The van der Waals surface area contributed by atoms with E-state index in [-0.39, 0.29) is 12.1 Å². The van der Waals surface area contributed by atoms with Gasteiger partial charge in [-0.25, -0.2) is 17.9 Å². The van der Waals surface area contributed by atoms with Gasteiger partial charge in [-0.05, 0) is 82.4 Å². The zero-order chi connectivity index (χ0) is 22.5. The SMILES string of the molecule is CC(C)(C)OC(=O)CC1=N[C@](C)(c2nc(Br)ccc2F)[C@H]2CCCN=[S@]2(=O)C1(C)C. The number of carbonyl (C=O) groups excluding carboxylic acids is 1. The van der Waals surface area contributed by atoms with Crippen LogP contribution in [-0.2, 0) is 24.8 Å². The van der Waals surface area contributed by atoms with Crippen molar-refractivity contribution in [3.05, 3.63) is 28.2 Å². The Morgan fingerprint density at radius 3 is 2.63 bits per heavy atom. The summed E-state index contributed by atoms with van der Waals surface area (Å²) in [6.45, 7) is 11.2. The van der Waals surface area contributed by atoms with Gasteiger partial charge in [-0.3, -0.25) is 9.79 Å². The maximum atomic E-state index is 14.9. The molecule has 2 aliphatic heterocycles. The Balaban J connectivity index is 2.22. The summed E-state index contributed by atoms with van der Waals surface area (Å²) in [4.78, 5) is 21.9. The highest BCUT2D eigenvalue weighted by atomic mass is 79.9. The van der Waals surface area contributed by atoms with Gasteiger partial charge in [0.2, 0.25) is 0 Å². The lowest BCUT2D eigenvalue weighted by Crippen LogP contribution is -2.59. The van der Waals surface area contributed by atoms with E-state index in [1.54, 1.807) is 27.7 Å². The van der Waals surface area contributed by atoms with Crippen molar-refractivity contribution in [1.82, 2.24) is 4.98 Å². The van der Waals surface area contributed by atoms with Crippen molar-refractivity contribution >= 4 is 37.3 Å². The second kappa shape index (κ2) is 7.65. The molecule has 9 heteroatoms. The molecule has 166 valence electrons. The van der Waals surface area contributed by atoms with E-state index < -0.39 is 42.7 Å². The van der Waals surface area contributed by atoms with E-state index in [0.717, 1.165) is 6.42 Å². The van der Waals surface area contributed by atoms with Gasteiger partial charge in [-0.15, -0.1) is 0 Å². The van der Waals surface area contributed by atoms with Crippen molar-refractivity contribution in [2.75, 3.05) is 6.54 Å². The molecule has 0 amide bonds. The molecule has 2 aliphatic rings. The van der Waals surface area contributed by atoms with Crippen LogP contribution in [0.4, 0.5) is 4.39 Å². The maximum Gasteiger partial charge on any atom is 0.312 e. The van der Waals surface area contributed by atoms with E-state index in [9.17, 15) is 13.4 Å². The number of rotatable bonds is 3. The quantitative estimate of drug-likeness (QED) is 0.440. The first-order valence-corrected chi connectivity index (χ1v) is 12.4. The minimum absolute atomic E-state index is 0.115. The first-order chi connectivity index (χ1) is 13.7. The molecule has 1 aromatic heterocycles. The molecule has 0 saturated heterocycles. The van der Waals surface area contributed by atoms with Gasteiger partial charge in [0.25, 0.3) is 0 Å². The highest BCUT2D eigenvalue weighted by Gasteiger charge is 2.57. The van der Waals surface area contributed by atoms with E-state index in [2.05, 4.69) is 25.3 Å². The molecule has 30 heavy (non-hydrogen) atoms. The number of nitrogens with zero attached hydrogens (tertiary/aromatic N) is 3. The predicted octanol–water partition coefficient (Wildman–Crippen LogP) is 4.79. The molecule has 0 aliphatic carbocycles. The van der Waals surface area contributed by atoms with Crippen LogP contribution in [0, 0.1) is 5.82 Å². The average Bonchev–Trinajstić information content (AvgIpc) is 2.60. The lowest BCUT2D eigenvalue weighted by Gasteiger charge is -2.48. The topological polar surface area (TPSA) is 81.0 Å². The summed E-state index contributed by atoms with van der Waals surface area (Å²) in [6, 6.07) is 2.84. The van der Waals surface area contributed by atoms with Crippen molar-refractivity contribution in [2.24, 2.45) is 9.36 Å². The van der Waals surface area contributed by atoms with Crippen LogP contribution in [-0.4, -0.2) is 43.0 Å². The van der Waals surface area contributed by atoms with Crippen molar-refractivity contribution < 1.29 is 18.1 Å². The third-order valence-corrected chi connectivity index (χ3v) is 9.91. The molecule has 3 atom stereocenters. The Morgan fingerprint density at radius 2 is 2.00 bits per heavy atom. The number of aromatic nitrogens is 1. The van der Waals surface area contributed by atoms with Crippen molar-refractivity contribution in [1.29, 1.82) is 0 Å². The molecule has 0 bridgehead atoms. The summed E-state index contributed by atoms with van der Waals surface area (Å²) in [5.41, 5.74) is -1.34. The molecule has 0 radical (unpaired) electrons. The number of halogens is 2. The number of aliphatic imine (C=N–C) groups is 1. The maximum absolute atomic E-state index is 14.9. The fourth-order valence-corrected chi connectivity index (χ4v) is 7.89. The van der Waals surface area contributed by atoms with Crippen LogP contribution in [0.25, 0.3) is 0 Å². The summed E-state index contributed by atoms with van der Waals surface area (Å²) in [7, 11) is -2.87. The first-order valence-electron chi connectivity index (χ1n) is 10.1. The van der Waals surface area contributed by atoms with Crippen LogP contribution in [0.15, 0.2) is 26.1 Å². The fraction of sp³-hybridized carbons (Fsp3) is 0.667. The minimum atomic E-state index is -2.87. The van der Waals surface area contributed by atoms with Crippen molar-refractivity contribution in [3.63, 3.8) is 0 Å². The zero-order valence-corrected chi connectivity index (χ0v) is 20.7. The minimum Gasteiger partial charge on any atom is -0.460 e. The number of fused-ring (bicyclic) bond motifs is 1. The molecule has 3 heterocycles. The van der Waals surface area contributed by atoms with Gasteiger partial charge in [-0.2, -0.15) is 0 Å². The Kier molecular flexibility index (Phi) is 5.95. The van der Waals surface area contributed by atoms with Gasteiger partial charge in [0.1, 0.15) is 27.3 Å². The second-order valence-corrected chi connectivity index (χ2v) is 13.3. The van der Waals surface area contributed by atoms with Crippen molar-refractivity contribution in [2.45, 2.75) is 81.9 Å². The molecule has 0 spiro atoms. The van der Waals surface area contributed by atoms with Gasteiger partial charge in [0.05, 0.1) is 26.1 Å². The molecule has 0 aromatic carbocycles. The van der Waals surface area contributed by atoms with E-state index in [4.69, 9.17) is 9.73 Å². The lowest BCUT2D eigenvalue weighted by molar-refractivity contribution is -0.153. The van der Waals surface area contributed by atoms with Gasteiger partial charge >= 0.3 is 5.97 Å². The molecular formula is C21H29BrFN3O3S. The van der Waals surface area contributed by atoms with Crippen LogP contribution in [0.3, 0.4) is 0 Å². The highest BCUT2D eigenvalue weighted by molar-refractivity contribution is 9.10. The normalized spacial score (nSPS) is 30.7. The summed E-state index contributed by atoms with van der Waals surface area (Å²) >= 11 is 3.30. The average molecular weight is 502 g/mol. The van der Waals surface area contributed by atoms with Gasteiger partial charge in [0.15, 0.2) is 0 Å². The number of hydrogen-bond donors (Lipinski definition) is 0. The summed E-state index contributed by atoms with van der Waals surface area (Å²) in [5.74, 6) is -0.982. The van der Waals surface area contributed by atoms with E-state index in [1.165, 1.54) is 12.1 Å². The molecule has 6 nitrogen and oxygen atoms in total. The highest BCUT2D eigenvalue weighted by Crippen LogP contribution is 2.48. The van der Waals surface area contributed by atoms with E-state index in [1.807, 2.05) is 13.8 Å². The standard InChI is InChI=1S/C21H29BrFN3O3S/c1-19(2,3)29-17(27)12-14-20(4,5)30(28)15(8-7-11-24-30)21(6,26-14)18-13(23)9-10-16(22)25-18/h9-10,15H,7-8,11-12H2,1-6H3/t15-,21+,30-/m1/s1. The summed E-state index contributed by atoms with van der Waals surface area (Å²) in [5, 5.41) is -0.507. The Labute approximate surface area is 186 Å².